The number of oxazole rings is 1. The second kappa shape index (κ2) is 5.69. The summed E-state index contributed by atoms with van der Waals surface area (Å²) in [7, 11) is 0. The van der Waals surface area contributed by atoms with E-state index in [4.69, 9.17) is 20.8 Å². The molecule has 0 saturated carbocycles. The van der Waals surface area contributed by atoms with Crippen molar-refractivity contribution in [2.45, 2.75) is 13.5 Å². The maximum Gasteiger partial charge on any atom is 0.420 e. The van der Waals surface area contributed by atoms with Crippen LogP contribution in [0.5, 0.6) is 5.75 Å². The quantitative estimate of drug-likeness (QED) is 0.550. The summed E-state index contributed by atoms with van der Waals surface area (Å²) in [4.78, 5) is 23.9. The van der Waals surface area contributed by atoms with Gasteiger partial charge >= 0.3 is 11.7 Å². The van der Waals surface area contributed by atoms with Gasteiger partial charge < -0.3 is 9.15 Å². The van der Waals surface area contributed by atoms with Gasteiger partial charge in [-0.25, -0.2) is 9.59 Å². The molecule has 0 spiro atoms. The highest BCUT2D eigenvalue weighted by Crippen LogP contribution is 2.25. The molecular weight excluding hydrogens is 306 g/mol. The van der Waals surface area contributed by atoms with Crippen molar-refractivity contribution in [3.05, 3.63) is 63.6 Å². The molecule has 5 nitrogen and oxygen atoms in total. The summed E-state index contributed by atoms with van der Waals surface area (Å²) >= 11 is 5.98. The van der Waals surface area contributed by atoms with Gasteiger partial charge in [0.25, 0.3) is 0 Å². The van der Waals surface area contributed by atoms with Gasteiger partial charge in [-0.2, -0.15) is 0 Å². The van der Waals surface area contributed by atoms with Crippen molar-refractivity contribution in [2.75, 3.05) is 0 Å². The van der Waals surface area contributed by atoms with E-state index in [1.54, 1.807) is 36.4 Å². The zero-order valence-electron chi connectivity index (χ0n) is 11.7. The lowest BCUT2D eigenvalue weighted by Gasteiger charge is -2.07. The van der Waals surface area contributed by atoms with E-state index in [0.29, 0.717) is 16.1 Å². The standard InChI is InChI=1S/C16H12ClNO4/c1-10-6-7-11(17)14(8-10)21-15(19)9-18-12-4-2-3-5-13(12)22-16(18)20/h2-8H,9H2,1H3. The Morgan fingerprint density at radius 3 is 2.86 bits per heavy atom. The molecule has 6 heteroatoms. The lowest BCUT2D eigenvalue weighted by Crippen LogP contribution is -2.23. The third-order valence-corrected chi connectivity index (χ3v) is 3.48. The van der Waals surface area contributed by atoms with Crippen molar-refractivity contribution in [2.24, 2.45) is 0 Å². The van der Waals surface area contributed by atoms with Crippen molar-refractivity contribution >= 4 is 28.7 Å². The van der Waals surface area contributed by atoms with Crippen LogP contribution < -0.4 is 10.5 Å². The van der Waals surface area contributed by atoms with Crippen LogP contribution in [0.2, 0.25) is 5.02 Å². The van der Waals surface area contributed by atoms with E-state index >= 15 is 0 Å². The molecule has 1 heterocycles. The lowest BCUT2D eigenvalue weighted by molar-refractivity contribution is -0.135. The topological polar surface area (TPSA) is 61.4 Å². The van der Waals surface area contributed by atoms with E-state index in [1.165, 1.54) is 4.57 Å². The number of aromatic nitrogens is 1. The van der Waals surface area contributed by atoms with Gasteiger partial charge in [0.05, 0.1) is 10.5 Å². The monoisotopic (exact) mass is 317 g/mol. The molecule has 3 rings (SSSR count). The first-order chi connectivity index (χ1) is 10.5. The Morgan fingerprint density at radius 2 is 2.05 bits per heavy atom. The normalized spacial score (nSPS) is 10.8. The molecule has 0 aliphatic heterocycles. The summed E-state index contributed by atoms with van der Waals surface area (Å²) in [6.45, 7) is 1.61. The molecule has 0 atom stereocenters. The van der Waals surface area contributed by atoms with Crippen LogP contribution in [-0.4, -0.2) is 10.5 Å². The minimum Gasteiger partial charge on any atom is -0.424 e. The second-order valence-corrected chi connectivity index (χ2v) is 5.24. The molecule has 0 radical (unpaired) electrons. The van der Waals surface area contributed by atoms with Gasteiger partial charge in [-0.1, -0.05) is 29.8 Å². The van der Waals surface area contributed by atoms with Gasteiger partial charge in [0.2, 0.25) is 0 Å². The SMILES string of the molecule is Cc1ccc(Cl)c(OC(=O)Cn2c(=O)oc3ccccc32)c1. The highest BCUT2D eigenvalue weighted by atomic mass is 35.5. The number of rotatable bonds is 3. The number of aryl methyl sites for hydroxylation is 1. The number of carbonyl (C=O) groups excluding carboxylic acids is 1. The third kappa shape index (κ3) is 2.76. The van der Waals surface area contributed by atoms with Crippen molar-refractivity contribution in [3.8, 4) is 5.75 Å². The molecule has 1 aromatic heterocycles. The Morgan fingerprint density at radius 1 is 1.27 bits per heavy atom. The lowest BCUT2D eigenvalue weighted by atomic mass is 10.2. The Kier molecular flexibility index (Phi) is 3.73. The van der Waals surface area contributed by atoms with Crippen LogP contribution in [0.3, 0.4) is 0 Å². The van der Waals surface area contributed by atoms with Gasteiger partial charge in [-0.15, -0.1) is 0 Å². The summed E-state index contributed by atoms with van der Waals surface area (Å²) in [5.41, 5.74) is 1.88. The summed E-state index contributed by atoms with van der Waals surface area (Å²) in [6, 6.07) is 12.0. The minimum atomic E-state index is -0.603. The first-order valence-corrected chi connectivity index (χ1v) is 6.97. The summed E-state index contributed by atoms with van der Waals surface area (Å²) in [6.07, 6.45) is 0. The number of halogens is 1. The van der Waals surface area contributed by atoms with E-state index in [0.717, 1.165) is 5.56 Å². The molecule has 2 aromatic carbocycles. The molecule has 22 heavy (non-hydrogen) atoms. The molecule has 0 bridgehead atoms. The average molecular weight is 318 g/mol. The molecule has 0 saturated heterocycles. The largest absolute Gasteiger partial charge is 0.424 e. The van der Waals surface area contributed by atoms with Crippen molar-refractivity contribution in [1.82, 2.24) is 4.57 Å². The zero-order chi connectivity index (χ0) is 15.7. The summed E-state index contributed by atoms with van der Waals surface area (Å²) < 4.78 is 11.5. The van der Waals surface area contributed by atoms with E-state index in [9.17, 15) is 9.59 Å². The van der Waals surface area contributed by atoms with Crippen molar-refractivity contribution in [1.29, 1.82) is 0 Å². The molecule has 112 valence electrons. The predicted octanol–water partition coefficient (Wildman–Crippen LogP) is 3.16. The maximum absolute atomic E-state index is 12.1. The fourth-order valence-electron chi connectivity index (χ4n) is 2.14. The van der Waals surface area contributed by atoms with Crippen LogP contribution in [0.4, 0.5) is 0 Å². The number of nitrogens with zero attached hydrogens (tertiary/aromatic N) is 1. The fraction of sp³-hybridized carbons (Fsp3) is 0.125. The van der Waals surface area contributed by atoms with Crippen LogP contribution >= 0.6 is 11.6 Å². The van der Waals surface area contributed by atoms with Crippen LogP contribution in [0, 0.1) is 6.92 Å². The van der Waals surface area contributed by atoms with E-state index in [2.05, 4.69) is 0 Å². The minimum absolute atomic E-state index is 0.250. The molecule has 0 N–H and O–H groups in total. The molecule has 0 unspecified atom stereocenters. The van der Waals surface area contributed by atoms with E-state index in [1.807, 2.05) is 13.0 Å². The van der Waals surface area contributed by atoms with E-state index < -0.39 is 11.7 Å². The second-order valence-electron chi connectivity index (χ2n) is 4.83. The first-order valence-electron chi connectivity index (χ1n) is 6.60. The predicted molar refractivity (Wildman–Crippen MR) is 82.3 cm³/mol. The molecule has 0 amide bonds. The van der Waals surface area contributed by atoms with E-state index in [-0.39, 0.29) is 12.3 Å². The van der Waals surface area contributed by atoms with Gasteiger partial charge in [-0.3, -0.25) is 4.57 Å². The smallest absolute Gasteiger partial charge is 0.420 e. The fourth-order valence-corrected chi connectivity index (χ4v) is 2.29. The van der Waals surface area contributed by atoms with Crippen molar-refractivity contribution in [3.63, 3.8) is 0 Å². The van der Waals surface area contributed by atoms with Gasteiger partial charge in [0.15, 0.2) is 5.58 Å². The Bertz CT molecular complexity index is 910. The number of hydrogen-bond donors (Lipinski definition) is 0. The molecule has 0 fully saturated rings. The number of hydrogen-bond acceptors (Lipinski definition) is 4. The number of benzene rings is 2. The average Bonchev–Trinajstić information content (AvgIpc) is 2.79. The summed E-state index contributed by atoms with van der Waals surface area (Å²) in [5.74, 6) is -0.929. The summed E-state index contributed by atoms with van der Waals surface area (Å²) in [5, 5.41) is 0.336. The molecule has 3 aromatic rings. The Balaban J connectivity index is 1.86. The highest BCUT2D eigenvalue weighted by molar-refractivity contribution is 6.32. The van der Waals surface area contributed by atoms with Crippen molar-refractivity contribution < 1.29 is 13.9 Å². The van der Waals surface area contributed by atoms with Gasteiger partial charge in [0.1, 0.15) is 12.3 Å². The molecular formula is C16H12ClNO4. The van der Waals surface area contributed by atoms with Gasteiger partial charge in [0, 0.05) is 0 Å². The first kappa shape index (κ1) is 14.4. The van der Waals surface area contributed by atoms with Crippen LogP contribution in [0.15, 0.2) is 51.7 Å². The molecule has 0 aliphatic rings. The third-order valence-electron chi connectivity index (χ3n) is 3.17. The molecule has 0 aliphatic carbocycles. The van der Waals surface area contributed by atoms with Crippen LogP contribution in [-0.2, 0) is 11.3 Å². The Labute approximate surface area is 130 Å². The number of fused-ring (bicyclic) bond motifs is 1. The Hall–Kier alpha value is -2.53. The number of para-hydroxylation sites is 2. The van der Waals surface area contributed by atoms with Crippen LogP contribution in [0.25, 0.3) is 11.1 Å². The maximum atomic E-state index is 12.1. The number of ether oxygens (including phenoxy) is 1. The number of esters is 1. The number of carbonyl (C=O) groups is 1. The van der Waals surface area contributed by atoms with Gasteiger partial charge in [-0.05, 0) is 36.8 Å². The van der Waals surface area contributed by atoms with Crippen LogP contribution in [0.1, 0.15) is 5.56 Å². The highest BCUT2D eigenvalue weighted by Gasteiger charge is 2.15. The zero-order valence-corrected chi connectivity index (χ0v) is 12.5.